The third kappa shape index (κ3) is 1.38. The average Bonchev–Trinajstić information content (AvgIpc) is 2.27. The van der Waals surface area contributed by atoms with E-state index in [1.165, 1.54) is 10.8 Å². The molecule has 1 aromatic rings. The number of hydrogen-bond acceptors (Lipinski definition) is 2. The smallest absolute Gasteiger partial charge is 0.184 e. The van der Waals surface area contributed by atoms with Crippen LogP contribution in [-0.4, -0.2) is 4.21 Å². The first-order valence-corrected chi connectivity index (χ1v) is 5.78. The van der Waals surface area contributed by atoms with Gasteiger partial charge in [-0.2, -0.15) is 0 Å². The summed E-state index contributed by atoms with van der Waals surface area (Å²) in [7, 11) is 0.283. The summed E-state index contributed by atoms with van der Waals surface area (Å²) >= 11 is 5.72. The van der Waals surface area contributed by atoms with Crippen LogP contribution in [-0.2, 0) is 10.0 Å². The van der Waals surface area contributed by atoms with Crippen molar-refractivity contribution >= 4 is 38.1 Å². The molecule has 1 aliphatic rings. The summed E-state index contributed by atoms with van der Waals surface area (Å²) in [4.78, 5) is 0.993. The minimum Gasteiger partial charge on any atom is -0.295 e. The van der Waals surface area contributed by atoms with Gasteiger partial charge in [0, 0.05) is 9.92 Å². The van der Waals surface area contributed by atoms with Crippen molar-refractivity contribution in [3.63, 3.8) is 0 Å². The molecular formula is C6H4ClNOS2. The van der Waals surface area contributed by atoms with Crippen molar-refractivity contribution in [1.29, 1.82) is 0 Å². The molecule has 0 amide bonds. The second-order valence-corrected chi connectivity index (χ2v) is 5.19. The fraction of sp³-hybridized carbons (Fsp3) is 0. The highest BCUT2D eigenvalue weighted by Crippen LogP contribution is 2.38. The first-order chi connectivity index (χ1) is 5.25. The maximum absolute atomic E-state index is 10.9. The number of hydrogen-bond donors (Lipinski definition) is 1. The van der Waals surface area contributed by atoms with Crippen LogP contribution in [0.15, 0.2) is 23.1 Å². The molecule has 0 bridgehead atoms. The van der Waals surface area contributed by atoms with E-state index in [0.29, 0.717) is 5.02 Å². The van der Waals surface area contributed by atoms with E-state index in [1.807, 2.05) is 6.07 Å². The molecule has 1 atom stereocenters. The Hall–Kier alpha value is -0.190. The zero-order valence-electron chi connectivity index (χ0n) is 5.33. The highest BCUT2D eigenvalue weighted by Gasteiger charge is 2.16. The predicted octanol–water partition coefficient (Wildman–Crippen LogP) is 2.44. The molecule has 0 spiro atoms. The van der Waals surface area contributed by atoms with Crippen LogP contribution in [0.1, 0.15) is 0 Å². The number of rotatable bonds is 0. The first-order valence-electron chi connectivity index (χ1n) is 2.92. The van der Waals surface area contributed by atoms with E-state index in [9.17, 15) is 4.21 Å². The summed E-state index contributed by atoms with van der Waals surface area (Å²) in [5.74, 6) is 0. The van der Waals surface area contributed by atoms with E-state index in [0.717, 1.165) is 10.6 Å². The zero-order chi connectivity index (χ0) is 7.84. The highest BCUT2D eigenvalue weighted by molar-refractivity contribution is 8.70. The predicted molar refractivity (Wildman–Crippen MR) is 49.1 cm³/mol. The molecule has 0 saturated heterocycles. The lowest BCUT2D eigenvalue weighted by Crippen LogP contribution is -1.90. The van der Waals surface area contributed by atoms with Gasteiger partial charge < -0.3 is 0 Å². The first kappa shape index (κ1) is 7.46. The molecule has 58 valence electrons. The normalized spacial score (nSPS) is 21.0. The third-order valence-corrected chi connectivity index (χ3v) is 3.85. The molecule has 1 N–H and O–H groups in total. The molecule has 11 heavy (non-hydrogen) atoms. The van der Waals surface area contributed by atoms with Crippen molar-refractivity contribution < 1.29 is 4.21 Å². The van der Waals surface area contributed by atoms with Gasteiger partial charge in [0.25, 0.3) is 0 Å². The quantitative estimate of drug-likeness (QED) is 0.660. The fourth-order valence-corrected chi connectivity index (χ4v) is 3.28. The summed E-state index contributed by atoms with van der Waals surface area (Å²) in [6, 6.07) is 5.42. The van der Waals surface area contributed by atoms with Gasteiger partial charge in [-0.25, -0.2) is 4.21 Å². The average molecular weight is 206 g/mol. The Morgan fingerprint density at radius 2 is 2.36 bits per heavy atom. The molecule has 0 aromatic heterocycles. The molecule has 2 rings (SSSR count). The van der Waals surface area contributed by atoms with E-state index in [2.05, 4.69) is 4.72 Å². The largest absolute Gasteiger partial charge is 0.295 e. The third-order valence-electron chi connectivity index (χ3n) is 1.30. The molecule has 0 radical (unpaired) electrons. The second kappa shape index (κ2) is 2.69. The van der Waals surface area contributed by atoms with Crippen LogP contribution in [0, 0.1) is 0 Å². The van der Waals surface area contributed by atoms with Crippen LogP contribution in [0.4, 0.5) is 5.69 Å². The Morgan fingerprint density at radius 3 is 3.18 bits per heavy atom. The van der Waals surface area contributed by atoms with Gasteiger partial charge >= 0.3 is 0 Å². The van der Waals surface area contributed by atoms with Gasteiger partial charge in [0.2, 0.25) is 0 Å². The molecule has 1 heterocycles. The van der Waals surface area contributed by atoms with E-state index < -0.39 is 10.0 Å². The van der Waals surface area contributed by atoms with E-state index in [1.54, 1.807) is 12.1 Å². The van der Waals surface area contributed by atoms with E-state index in [-0.39, 0.29) is 0 Å². The van der Waals surface area contributed by atoms with Gasteiger partial charge in [-0.1, -0.05) is 11.6 Å². The van der Waals surface area contributed by atoms with Gasteiger partial charge in [-0.3, -0.25) is 4.72 Å². The lowest BCUT2D eigenvalue weighted by Gasteiger charge is -1.94. The van der Waals surface area contributed by atoms with Crippen molar-refractivity contribution in [2.75, 3.05) is 4.72 Å². The van der Waals surface area contributed by atoms with Crippen molar-refractivity contribution in [3.05, 3.63) is 23.2 Å². The lowest BCUT2D eigenvalue weighted by molar-refractivity contribution is 0.694. The van der Waals surface area contributed by atoms with E-state index >= 15 is 0 Å². The molecule has 0 aliphatic carbocycles. The molecule has 5 heteroatoms. The number of nitrogens with one attached hydrogen (secondary N) is 1. The molecule has 1 aliphatic heterocycles. The summed E-state index contributed by atoms with van der Waals surface area (Å²) in [5.41, 5.74) is 0.862. The maximum atomic E-state index is 10.9. The van der Waals surface area contributed by atoms with Crippen LogP contribution in [0.2, 0.25) is 5.02 Å². The summed E-state index contributed by atoms with van der Waals surface area (Å²) < 4.78 is 13.7. The summed E-state index contributed by atoms with van der Waals surface area (Å²) in [6.45, 7) is 0. The maximum Gasteiger partial charge on any atom is 0.184 e. The SMILES string of the molecule is O=S1Nc2cc(Cl)ccc2S1. The van der Waals surface area contributed by atoms with Crippen LogP contribution >= 0.6 is 22.4 Å². The Balaban J connectivity index is 2.51. The number of halogens is 1. The number of anilines is 1. The Labute approximate surface area is 75.3 Å². The standard InChI is InChI=1S/C6H4ClNOS2/c7-4-1-2-6-5(3-4)8-11(9)10-6/h1-3,8H. The highest BCUT2D eigenvalue weighted by atomic mass is 35.5. The Kier molecular flexibility index (Phi) is 1.83. The molecule has 1 unspecified atom stereocenters. The molecule has 1 aromatic carbocycles. The fourth-order valence-electron chi connectivity index (χ4n) is 0.847. The molecule has 2 nitrogen and oxygen atoms in total. The summed E-state index contributed by atoms with van der Waals surface area (Å²) in [6.07, 6.45) is 0. The van der Waals surface area contributed by atoms with Crippen molar-refractivity contribution in [2.45, 2.75) is 4.90 Å². The van der Waals surface area contributed by atoms with Crippen LogP contribution < -0.4 is 4.72 Å². The van der Waals surface area contributed by atoms with Crippen LogP contribution in [0.25, 0.3) is 0 Å². The van der Waals surface area contributed by atoms with Gasteiger partial charge in [0.05, 0.1) is 5.69 Å². The van der Waals surface area contributed by atoms with E-state index in [4.69, 9.17) is 11.6 Å². The number of benzene rings is 1. The monoisotopic (exact) mass is 205 g/mol. The summed E-state index contributed by atoms with van der Waals surface area (Å²) in [5, 5.41) is 0.663. The van der Waals surface area contributed by atoms with Gasteiger partial charge in [0.15, 0.2) is 10.0 Å². The number of fused-ring (bicyclic) bond motifs is 1. The minimum atomic E-state index is -1.02. The lowest BCUT2D eigenvalue weighted by atomic mass is 10.3. The molecular weight excluding hydrogens is 202 g/mol. The van der Waals surface area contributed by atoms with Crippen molar-refractivity contribution in [2.24, 2.45) is 0 Å². The minimum absolute atomic E-state index is 0.663. The second-order valence-electron chi connectivity index (χ2n) is 2.06. The Morgan fingerprint density at radius 1 is 1.55 bits per heavy atom. The molecule has 0 fully saturated rings. The van der Waals surface area contributed by atoms with Gasteiger partial charge in [0.1, 0.15) is 0 Å². The topological polar surface area (TPSA) is 29.1 Å². The zero-order valence-corrected chi connectivity index (χ0v) is 7.72. The van der Waals surface area contributed by atoms with Crippen LogP contribution in [0.3, 0.4) is 0 Å². The van der Waals surface area contributed by atoms with Gasteiger partial charge in [-0.15, -0.1) is 0 Å². The van der Waals surface area contributed by atoms with Gasteiger partial charge in [-0.05, 0) is 29.0 Å². The van der Waals surface area contributed by atoms with Crippen LogP contribution in [0.5, 0.6) is 0 Å². The van der Waals surface area contributed by atoms with Crippen molar-refractivity contribution in [3.8, 4) is 0 Å². The Bertz CT molecular complexity index is 328. The van der Waals surface area contributed by atoms with Crippen molar-refractivity contribution in [1.82, 2.24) is 0 Å². The molecule has 0 saturated carbocycles.